The molecule has 0 N–H and O–H groups in total. The molecule has 2 aromatic heterocycles. The van der Waals surface area contributed by atoms with E-state index in [-0.39, 0.29) is 81.4 Å². The molecule has 6 nitrogen and oxygen atoms in total. The summed E-state index contributed by atoms with van der Waals surface area (Å²) in [6.45, 7) is 0. The van der Waals surface area contributed by atoms with Gasteiger partial charge in [-0.05, 0) is 12.1 Å². The third-order valence-corrected chi connectivity index (χ3v) is 4.25. The number of rotatable bonds is 3. The fraction of sp³-hybridized carbons (Fsp3) is 0. The van der Waals surface area contributed by atoms with Crippen LogP contribution >= 0.6 is 0 Å². The van der Waals surface area contributed by atoms with Gasteiger partial charge in [-0.1, -0.05) is 36.4 Å². The van der Waals surface area contributed by atoms with Gasteiger partial charge in [0.15, 0.2) is 0 Å². The summed E-state index contributed by atoms with van der Waals surface area (Å²) in [5.74, 6) is -2.84. The molecule has 0 unspecified atom stereocenters. The van der Waals surface area contributed by atoms with Crippen LogP contribution in [0.25, 0.3) is 32.9 Å². The van der Waals surface area contributed by atoms with Crippen LogP contribution in [0.15, 0.2) is 60.9 Å². The first-order valence-corrected chi connectivity index (χ1v) is 7.76. The number of carbonyl (C=O) groups is 2. The molecule has 0 atom stereocenters. The normalized spacial score (nSPS) is 10.1. The van der Waals surface area contributed by atoms with Crippen LogP contribution in [0.3, 0.4) is 0 Å². The summed E-state index contributed by atoms with van der Waals surface area (Å²) in [6.07, 6.45) is 2.65. The molecule has 0 saturated heterocycles. The maximum Gasteiger partial charge on any atom is 1.00 e. The number of hydrogen-bond acceptors (Lipinski definition) is 6. The van der Waals surface area contributed by atoms with Crippen LogP contribution in [0.1, 0.15) is 20.7 Å². The Labute approximate surface area is 204 Å². The number of pyridine rings is 2. The van der Waals surface area contributed by atoms with Gasteiger partial charge in [-0.3, -0.25) is 9.97 Å². The molecule has 126 valence electrons. The van der Waals surface area contributed by atoms with Gasteiger partial charge in [0.05, 0.1) is 23.0 Å². The van der Waals surface area contributed by atoms with E-state index in [2.05, 4.69) is 9.97 Å². The molecule has 2 aromatic carbocycles. The Morgan fingerprint density at radius 2 is 1.00 bits per heavy atom. The van der Waals surface area contributed by atoms with E-state index >= 15 is 0 Å². The second-order valence-electron chi connectivity index (χ2n) is 5.70. The van der Waals surface area contributed by atoms with Crippen LogP contribution in [-0.2, 0) is 0 Å². The van der Waals surface area contributed by atoms with Crippen LogP contribution in [-0.4, -0.2) is 21.9 Å². The zero-order valence-corrected chi connectivity index (χ0v) is 19.3. The van der Waals surface area contributed by atoms with Crippen molar-refractivity contribution in [2.75, 3.05) is 0 Å². The summed E-state index contributed by atoms with van der Waals surface area (Å²) in [7, 11) is 0. The van der Waals surface area contributed by atoms with Crippen LogP contribution in [0.4, 0.5) is 0 Å². The number of fused-ring (bicyclic) bond motifs is 2. The monoisotopic (exact) mass is 388 g/mol. The van der Waals surface area contributed by atoms with Gasteiger partial charge in [0, 0.05) is 45.4 Å². The first-order chi connectivity index (χ1) is 12.6. The van der Waals surface area contributed by atoms with E-state index in [4.69, 9.17) is 0 Å². The fourth-order valence-electron chi connectivity index (χ4n) is 3.13. The second-order valence-corrected chi connectivity index (χ2v) is 5.70. The molecule has 28 heavy (non-hydrogen) atoms. The third-order valence-electron chi connectivity index (χ3n) is 4.25. The molecule has 0 aliphatic carbocycles. The number of nitrogens with zero attached hydrogens (tertiary/aromatic N) is 2. The Balaban J connectivity index is 0.00000140. The predicted octanol–water partition coefficient (Wildman–Crippen LogP) is -4.81. The standard InChI is InChI=1S/C20H12N2O4.2Na/c23-19(24)17-11-5-1-3-7-15(11)21-9-13(17)14-10-22-16-8-4-2-6-12(16)18(14)20(25)26;;/h1-10H,(H,23,24)(H,25,26);;/q;2*+1/p-2. The Hall–Kier alpha value is -1.80. The molecule has 4 rings (SSSR count). The summed E-state index contributed by atoms with van der Waals surface area (Å²) in [4.78, 5) is 32.2. The van der Waals surface area contributed by atoms with E-state index in [1.807, 2.05) is 0 Å². The van der Waals surface area contributed by atoms with Crippen molar-refractivity contribution in [3.8, 4) is 11.1 Å². The smallest absolute Gasteiger partial charge is 0.545 e. The van der Waals surface area contributed by atoms with E-state index in [0.717, 1.165) is 0 Å². The van der Waals surface area contributed by atoms with Crippen molar-refractivity contribution in [3.05, 3.63) is 72.1 Å². The second kappa shape index (κ2) is 9.13. The van der Waals surface area contributed by atoms with E-state index < -0.39 is 11.9 Å². The first kappa shape index (κ1) is 22.5. The number of para-hydroxylation sites is 2. The zero-order valence-electron chi connectivity index (χ0n) is 15.3. The number of carbonyl (C=O) groups excluding carboxylic acids is 2. The molecule has 0 fully saturated rings. The SMILES string of the molecule is O=C([O-])c1c(-c2cnc3ccccc3c2C(=O)[O-])cnc2ccccc12.[Na+].[Na+]. The molecule has 0 saturated carbocycles. The molecular weight excluding hydrogens is 378 g/mol. The first-order valence-electron chi connectivity index (χ1n) is 7.76. The molecular formula is C20H10N2Na2O4. The van der Waals surface area contributed by atoms with Gasteiger partial charge in [-0.15, -0.1) is 0 Å². The van der Waals surface area contributed by atoms with Crippen LogP contribution < -0.4 is 69.3 Å². The zero-order chi connectivity index (χ0) is 18.3. The summed E-state index contributed by atoms with van der Waals surface area (Å²) in [6, 6.07) is 13.4. The van der Waals surface area contributed by atoms with Crippen molar-refractivity contribution in [2.24, 2.45) is 0 Å². The molecule has 0 bridgehead atoms. The van der Waals surface area contributed by atoms with Crippen molar-refractivity contribution in [1.82, 2.24) is 9.97 Å². The number of aromatic nitrogens is 2. The number of benzene rings is 2. The van der Waals surface area contributed by atoms with Crippen molar-refractivity contribution < 1.29 is 78.9 Å². The van der Waals surface area contributed by atoms with Crippen molar-refractivity contribution in [3.63, 3.8) is 0 Å². The van der Waals surface area contributed by atoms with Crippen molar-refractivity contribution in [1.29, 1.82) is 0 Å². The molecule has 8 heteroatoms. The molecule has 0 aliphatic heterocycles. The van der Waals surface area contributed by atoms with E-state index in [1.54, 1.807) is 48.5 Å². The van der Waals surface area contributed by atoms with E-state index in [1.165, 1.54) is 12.4 Å². The van der Waals surface area contributed by atoms with Crippen LogP contribution in [0, 0.1) is 0 Å². The summed E-state index contributed by atoms with van der Waals surface area (Å²) < 4.78 is 0. The van der Waals surface area contributed by atoms with Crippen molar-refractivity contribution in [2.45, 2.75) is 0 Å². The van der Waals surface area contributed by atoms with Crippen molar-refractivity contribution >= 4 is 33.7 Å². The molecule has 0 aliphatic rings. The molecule has 4 aromatic rings. The minimum Gasteiger partial charge on any atom is -0.545 e. The van der Waals surface area contributed by atoms with Crippen LogP contribution in [0.2, 0.25) is 0 Å². The van der Waals surface area contributed by atoms with Gasteiger partial charge in [-0.2, -0.15) is 0 Å². The van der Waals surface area contributed by atoms with E-state index in [0.29, 0.717) is 21.8 Å². The largest absolute Gasteiger partial charge is 1.00 e. The quantitative estimate of drug-likeness (QED) is 0.326. The minimum absolute atomic E-state index is 0. The topological polar surface area (TPSA) is 106 Å². The van der Waals surface area contributed by atoms with Gasteiger partial charge in [-0.25, -0.2) is 0 Å². The number of aromatic carboxylic acids is 2. The Kier molecular flexibility index (Phi) is 7.33. The summed E-state index contributed by atoms with van der Waals surface area (Å²) in [5.41, 5.74) is 0.936. The Morgan fingerprint density at radius 3 is 1.36 bits per heavy atom. The average molecular weight is 388 g/mol. The average Bonchev–Trinajstić information content (AvgIpc) is 2.65. The number of carboxylic acid groups (broad SMARTS) is 2. The number of carboxylic acids is 2. The van der Waals surface area contributed by atoms with Gasteiger partial charge in [0.2, 0.25) is 0 Å². The predicted molar refractivity (Wildman–Crippen MR) is 91.1 cm³/mol. The molecule has 0 radical (unpaired) electrons. The van der Waals surface area contributed by atoms with Gasteiger partial charge in [0.1, 0.15) is 0 Å². The maximum absolute atomic E-state index is 11.8. The van der Waals surface area contributed by atoms with Gasteiger partial charge >= 0.3 is 59.1 Å². The molecule has 0 amide bonds. The van der Waals surface area contributed by atoms with Crippen LogP contribution in [0.5, 0.6) is 0 Å². The number of hydrogen-bond donors (Lipinski definition) is 0. The maximum atomic E-state index is 11.8. The molecule has 2 heterocycles. The van der Waals surface area contributed by atoms with E-state index in [9.17, 15) is 19.8 Å². The summed E-state index contributed by atoms with van der Waals surface area (Å²) >= 11 is 0. The fourth-order valence-corrected chi connectivity index (χ4v) is 3.13. The minimum atomic E-state index is -1.42. The summed E-state index contributed by atoms with van der Waals surface area (Å²) in [5, 5.41) is 24.4. The Morgan fingerprint density at radius 1 is 0.643 bits per heavy atom. The van der Waals surface area contributed by atoms with Gasteiger partial charge < -0.3 is 19.8 Å². The third kappa shape index (κ3) is 3.85. The Bertz CT molecular complexity index is 1120. The molecule has 0 spiro atoms. The van der Waals surface area contributed by atoms with Gasteiger partial charge in [0.25, 0.3) is 0 Å².